The summed E-state index contributed by atoms with van der Waals surface area (Å²) in [6.07, 6.45) is 1.79. The van der Waals surface area contributed by atoms with Crippen LogP contribution in [0.3, 0.4) is 0 Å². The Labute approximate surface area is 178 Å². The van der Waals surface area contributed by atoms with Crippen molar-refractivity contribution in [2.75, 3.05) is 20.2 Å². The zero-order valence-corrected chi connectivity index (χ0v) is 18.4. The fraction of sp³-hybridized carbons (Fsp3) is 0.522. The molecule has 0 aliphatic carbocycles. The van der Waals surface area contributed by atoms with Gasteiger partial charge in [-0.15, -0.1) is 0 Å². The molecule has 2 aromatic rings. The Hall–Kier alpha value is -2.83. The summed E-state index contributed by atoms with van der Waals surface area (Å²) in [5.74, 6) is 0.795. The van der Waals surface area contributed by atoms with E-state index in [1.54, 1.807) is 7.11 Å². The van der Waals surface area contributed by atoms with E-state index in [9.17, 15) is 9.59 Å². The lowest BCUT2D eigenvalue weighted by molar-refractivity contribution is -0.138. The molecule has 30 heavy (non-hydrogen) atoms. The van der Waals surface area contributed by atoms with Gasteiger partial charge in [0.25, 0.3) is 0 Å². The number of benzene rings is 1. The third-order valence-corrected chi connectivity index (χ3v) is 5.97. The Morgan fingerprint density at radius 2 is 2.00 bits per heavy atom. The van der Waals surface area contributed by atoms with Crippen molar-refractivity contribution in [2.45, 2.75) is 53.1 Å². The molecular formula is C23H32N4O3. The number of nitrogens with one attached hydrogen (secondary N) is 1. The Bertz CT molecular complexity index is 889. The van der Waals surface area contributed by atoms with E-state index in [2.05, 4.69) is 17.3 Å². The molecule has 1 aliphatic rings. The lowest BCUT2D eigenvalue weighted by Crippen LogP contribution is -2.46. The number of nitrogens with zero attached hydrogens (tertiary/aromatic N) is 3. The van der Waals surface area contributed by atoms with Crippen molar-refractivity contribution >= 4 is 11.8 Å². The van der Waals surface area contributed by atoms with E-state index < -0.39 is 0 Å². The molecule has 1 aromatic heterocycles. The average molecular weight is 413 g/mol. The normalized spacial score (nSPS) is 16.6. The molecule has 0 unspecified atom stereocenters. The minimum absolute atomic E-state index is 0.0139. The topological polar surface area (TPSA) is 76.5 Å². The predicted octanol–water partition coefficient (Wildman–Crippen LogP) is 2.63. The second-order valence-corrected chi connectivity index (χ2v) is 7.86. The van der Waals surface area contributed by atoms with Crippen LogP contribution in [-0.2, 0) is 29.1 Å². The monoisotopic (exact) mass is 412 g/mol. The summed E-state index contributed by atoms with van der Waals surface area (Å²) >= 11 is 0. The van der Waals surface area contributed by atoms with Crippen molar-refractivity contribution < 1.29 is 14.3 Å². The number of rotatable bonds is 8. The van der Waals surface area contributed by atoms with E-state index in [1.807, 2.05) is 47.7 Å². The standard InChI is InChI=1S/C23H32N4O3/c1-5-27-17(3)21(16(2)25-27)14-24-23(29)19-8-11-22(28)26(15-19)13-12-18-6-9-20(30-4)10-7-18/h6-7,9-10,19H,5,8,11-15H2,1-4H3,(H,24,29)/t19-/m1/s1. The number of likely N-dealkylation sites (tertiary alicyclic amines) is 1. The molecular weight excluding hydrogens is 380 g/mol. The first kappa shape index (κ1) is 21.9. The van der Waals surface area contributed by atoms with E-state index in [0.717, 1.165) is 41.2 Å². The van der Waals surface area contributed by atoms with Crippen LogP contribution < -0.4 is 10.1 Å². The minimum Gasteiger partial charge on any atom is -0.497 e. The lowest BCUT2D eigenvalue weighted by atomic mass is 9.96. The van der Waals surface area contributed by atoms with Crippen molar-refractivity contribution in [1.82, 2.24) is 20.0 Å². The van der Waals surface area contributed by atoms with Gasteiger partial charge in [0.2, 0.25) is 11.8 Å². The van der Waals surface area contributed by atoms with Crippen molar-refractivity contribution in [3.8, 4) is 5.75 Å². The van der Waals surface area contributed by atoms with Crippen molar-refractivity contribution in [1.29, 1.82) is 0 Å². The minimum atomic E-state index is -0.166. The van der Waals surface area contributed by atoms with Gasteiger partial charge in [-0.3, -0.25) is 14.3 Å². The number of aromatic nitrogens is 2. The predicted molar refractivity (Wildman–Crippen MR) is 115 cm³/mol. The Morgan fingerprint density at radius 3 is 2.63 bits per heavy atom. The molecule has 1 aromatic carbocycles. The Balaban J connectivity index is 1.54. The van der Waals surface area contributed by atoms with Gasteiger partial charge in [-0.2, -0.15) is 5.10 Å². The second-order valence-electron chi connectivity index (χ2n) is 7.86. The number of carbonyl (C=O) groups excluding carboxylic acids is 2. The molecule has 2 amide bonds. The van der Waals surface area contributed by atoms with Crippen molar-refractivity contribution in [2.24, 2.45) is 5.92 Å². The van der Waals surface area contributed by atoms with Gasteiger partial charge in [0.1, 0.15) is 5.75 Å². The molecule has 1 N–H and O–H groups in total. The number of carbonyl (C=O) groups is 2. The van der Waals surface area contributed by atoms with Gasteiger partial charge in [-0.05, 0) is 51.3 Å². The van der Waals surface area contributed by atoms with Gasteiger partial charge in [-0.25, -0.2) is 0 Å². The maximum atomic E-state index is 12.8. The third-order valence-electron chi connectivity index (χ3n) is 5.97. The number of piperidine rings is 1. The van der Waals surface area contributed by atoms with Crippen LogP contribution in [0.4, 0.5) is 0 Å². The highest BCUT2D eigenvalue weighted by atomic mass is 16.5. The van der Waals surface area contributed by atoms with Crippen molar-refractivity contribution in [3.63, 3.8) is 0 Å². The summed E-state index contributed by atoms with van der Waals surface area (Å²) < 4.78 is 7.14. The largest absolute Gasteiger partial charge is 0.497 e. The summed E-state index contributed by atoms with van der Waals surface area (Å²) in [6.45, 7) is 8.46. The first-order chi connectivity index (χ1) is 14.4. The highest BCUT2D eigenvalue weighted by Gasteiger charge is 2.30. The van der Waals surface area contributed by atoms with Crippen LogP contribution in [0.2, 0.25) is 0 Å². The molecule has 0 bridgehead atoms. The fourth-order valence-corrected chi connectivity index (χ4v) is 4.02. The number of hydrogen-bond donors (Lipinski definition) is 1. The zero-order valence-electron chi connectivity index (χ0n) is 18.4. The number of ether oxygens (including phenoxy) is 1. The van der Waals surface area contributed by atoms with Crippen LogP contribution in [0, 0.1) is 19.8 Å². The van der Waals surface area contributed by atoms with E-state index >= 15 is 0 Å². The number of aryl methyl sites for hydroxylation is 2. The molecule has 1 atom stereocenters. The van der Waals surface area contributed by atoms with Gasteiger partial charge in [-0.1, -0.05) is 12.1 Å². The zero-order chi connectivity index (χ0) is 21.7. The first-order valence-electron chi connectivity index (χ1n) is 10.6. The maximum absolute atomic E-state index is 12.8. The van der Waals surface area contributed by atoms with Crippen LogP contribution in [0.1, 0.15) is 42.3 Å². The average Bonchev–Trinajstić information content (AvgIpc) is 3.04. The van der Waals surface area contributed by atoms with Crippen LogP contribution in [-0.4, -0.2) is 46.7 Å². The van der Waals surface area contributed by atoms with E-state index in [0.29, 0.717) is 32.5 Å². The molecule has 162 valence electrons. The first-order valence-corrected chi connectivity index (χ1v) is 10.6. The number of methoxy groups -OCH3 is 1. The number of hydrogen-bond acceptors (Lipinski definition) is 4. The van der Waals surface area contributed by atoms with E-state index in [-0.39, 0.29) is 17.7 Å². The molecule has 1 saturated heterocycles. The van der Waals surface area contributed by atoms with Crippen LogP contribution in [0.25, 0.3) is 0 Å². The Morgan fingerprint density at radius 1 is 1.27 bits per heavy atom. The molecule has 2 heterocycles. The molecule has 7 heteroatoms. The van der Waals surface area contributed by atoms with Gasteiger partial charge in [0.15, 0.2) is 0 Å². The molecule has 0 saturated carbocycles. The molecule has 0 spiro atoms. The second kappa shape index (κ2) is 9.78. The number of amides is 2. The third kappa shape index (κ3) is 5.01. The summed E-state index contributed by atoms with van der Waals surface area (Å²) in [5, 5.41) is 7.58. The highest BCUT2D eigenvalue weighted by Crippen LogP contribution is 2.20. The summed E-state index contributed by atoms with van der Waals surface area (Å²) in [6, 6.07) is 7.87. The van der Waals surface area contributed by atoms with E-state index in [1.165, 1.54) is 0 Å². The van der Waals surface area contributed by atoms with Gasteiger partial charge in [0, 0.05) is 43.9 Å². The smallest absolute Gasteiger partial charge is 0.225 e. The summed E-state index contributed by atoms with van der Waals surface area (Å²) in [4.78, 5) is 27.0. The fourth-order valence-electron chi connectivity index (χ4n) is 4.02. The quantitative estimate of drug-likeness (QED) is 0.723. The molecule has 1 aliphatic heterocycles. The van der Waals surface area contributed by atoms with Crippen LogP contribution in [0.5, 0.6) is 5.75 Å². The maximum Gasteiger partial charge on any atom is 0.225 e. The lowest BCUT2D eigenvalue weighted by Gasteiger charge is -2.32. The molecule has 0 radical (unpaired) electrons. The van der Waals surface area contributed by atoms with Crippen molar-refractivity contribution in [3.05, 3.63) is 46.8 Å². The van der Waals surface area contributed by atoms with Gasteiger partial charge in [0.05, 0.1) is 18.7 Å². The summed E-state index contributed by atoms with van der Waals surface area (Å²) in [5.41, 5.74) is 4.27. The van der Waals surface area contributed by atoms with Gasteiger partial charge < -0.3 is 15.0 Å². The van der Waals surface area contributed by atoms with E-state index in [4.69, 9.17) is 4.74 Å². The SMILES string of the molecule is CCn1nc(C)c(CNC(=O)[C@@H]2CCC(=O)N(CCc3ccc(OC)cc3)C2)c1C. The molecule has 7 nitrogen and oxygen atoms in total. The highest BCUT2D eigenvalue weighted by molar-refractivity contribution is 5.83. The Kier molecular flexibility index (Phi) is 7.13. The van der Waals surface area contributed by atoms with Gasteiger partial charge >= 0.3 is 0 Å². The molecule has 3 rings (SSSR count). The molecule has 1 fully saturated rings. The summed E-state index contributed by atoms with van der Waals surface area (Å²) in [7, 11) is 1.64. The van der Waals surface area contributed by atoms with Crippen LogP contribution >= 0.6 is 0 Å². The van der Waals surface area contributed by atoms with Crippen LogP contribution in [0.15, 0.2) is 24.3 Å².